The van der Waals surface area contributed by atoms with Crippen molar-refractivity contribution in [3.8, 4) is 11.5 Å². The summed E-state index contributed by atoms with van der Waals surface area (Å²) >= 11 is 5.93. The van der Waals surface area contributed by atoms with Crippen molar-refractivity contribution in [2.45, 2.75) is 6.92 Å². The molecule has 0 aliphatic heterocycles. The van der Waals surface area contributed by atoms with Crippen molar-refractivity contribution >= 4 is 34.6 Å². The van der Waals surface area contributed by atoms with Crippen LogP contribution in [0.4, 0.5) is 0 Å². The number of fused-ring (bicyclic) bond motifs is 1. The highest BCUT2D eigenvalue weighted by Crippen LogP contribution is 2.34. The van der Waals surface area contributed by atoms with Gasteiger partial charge in [-0.3, -0.25) is 9.78 Å². The van der Waals surface area contributed by atoms with Crippen LogP contribution in [0.25, 0.3) is 10.9 Å². The summed E-state index contributed by atoms with van der Waals surface area (Å²) in [6.45, 7) is 1.83. The van der Waals surface area contributed by atoms with Gasteiger partial charge in [-0.2, -0.15) is 5.10 Å². The van der Waals surface area contributed by atoms with Crippen molar-refractivity contribution in [2.75, 3.05) is 7.11 Å². The summed E-state index contributed by atoms with van der Waals surface area (Å²) < 4.78 is 5.03. The fourth-order valence-electron chi connectivity index (χ4n) is 2.55. The third kappa shape index (κ3) is 3.60. The molecule has 0 aliphatic rings. The van der Waals surface area contributed by atoms with Crippen LogP contribution in [-0.2, 0) is 0 Å². The maximum absolute atomic E-state index is 12.5. The number of halogens is 1. The van der Waals surface area contributed by atoms with Crippen molar-refractivity contribution < 1.29 is 14.6 Å². The molecule has 0 unspecified atom stereocenters. The number of aromatic nitrogens is 1. The van der Waals surface area contributed by atoms with E-state index >= 15 is 0 Å². The predicted octanol–water partition coefficient (Wildman–Crippen LogP) is 3.67. The molecule has 1 amide bonds. The Morgan fingerprint density at radius 2 is 2.08 bits per heavy atom. The van der Waals surface area contributed by atoms with E-state index in [1.165, 1.54) is 19.4 Å². The van der Waals surface area contributed by atoms with Crippen LogP contribution in [0.2, 0.25) is 5.02 Å². The number of nitrogens with one attached hydrogen (secondary N) is 1. The van der Waals surface area contributed by atoms with Crippen LogP contribution in [0, 0.1) is 6.92 Å². The average molecular weight is 370 g/mol. The summed E-state index contributed by atoms with van der Waals surface area (Å²) in [6, 6.07) is 12.2. The monoisotopic (exact) mass is 369 g/mol. The molecule has 132 valence electrons. The molecule has 0 atom stereocenters. The van der Waals surface area contributed by atoms with E-state index in [2.05, 4.69) is 15.5 Å². The minimum Gasteiger partial charge on any atom is -0.503 e. The summed E-state index contributed by atoms with van der Waals surface area (Å²) in [4.78, 5) is 16.9. The van der Waals surface area contributed by atoms with Crippen LogP contribution in [-0.4, -0.2) is 29.3 Å². The number of aromatic hydroxyl groups is 1. The second-order valence-electron chi connectivity index (χ2n) is 5.58. The molecule has 6 nitrogen and oxygen atoms in total. The van der Waals surface area contributed by atoms with Crippen LogP contribution in [0.3, 0.4) is 0 Å². The van der Waals surface area contributed by atoms with Gasteiger partial charge in [0.25, 0.3) is 5.91 Å². The van der Waals surface area contributed by atoms with Gasteiger partial charge in [-0.15, -0.1) is 0 Å². The zero-order valence-electron chi connectivity index (χ0n) is 14.2. The van der Waals surface area contributed by atoms with Gasteiger partial charge < -0.3 is 9.84 Å². The van der Waals surface area contributed by atoms with Crippen molar-refractivity contribution in [3.63, 3.8) is 0 Å². The van der Waals surface area contributed by atoms with E-state index in [0.29, 0.717) is 11.1 Å². The number of carbonyl (C=O) groups is 1. The first-order valence-corrected chi connectivity index (χ1v) is 8.13. The second kappa shape index (κ2) is 7.41. The molecular formula is C19H16ClN3O3. The van der Waals surface area contributed by atoms with Gasteiger partial charge in [-0.1, -0.05) is 29.8 Å². The topological polar surface area (TPSA) is 83.8 Å². The summed E-state index contributed by atoms with van der Waals surface area (Å²) in [7, 11) is 1.42. The third-order valence-corrected chi connectivity index (χ3v) is 4.03. The number of ether oxygens (including phenoxy) is 1. The number of hydrazone groups is 1. The molecule has 0 aliphatic carbocycles. The fourth-order valence-corrected chi connectivity index (χ4v) is 2.76. The van der Waals surface area contributed by atoms with Crippen LogP contribution < -0.4 is 10.2 Å². The molecule has 2 N–H and O–H groups in total. The first kappa shape index (κ1) is 17.7. The molecule has 3 aromatic rings. The number of aryl methyl sites for hydroxylation is 1. The lowest BCUT2D eigenvalue weighted by Gasteiger charge is -2.07. The largest absolute Gasteiger partial charge is 0.503 e. The number of phenols is 1. The van der Waals surface area contributed by atoms with E-state index in [-0.39, 0.29) is 22.4 Å². The Kier molecular flexibility index (Phi) is 5.04. The molecule has 0 saturated heterocycles. The van der Waals surface area contributed by atoms with Crippen molar-refractivity contribution in [1.82, 2.24) is 10.4 Å². The van der Waals surface area contributed by atoms with E-state index in [1.807, 2.05) is 31.2 Å². The number of para-hydroxylation sites is 1. The molecule has 0 bridgehead atoms. The second-order valence-corrected chi connectivity index (χ2v) is 5.99. The zero-order valence-corrected chi connectivity index (χ0v) is 14.9. The van der Waals surface area contributed by atoms with Crippen LogP contribution in [0.15, 0.2) is 47.6 Å². The SMILES string of the molecule is COc1cc(C=NNC(=O)c2cc(C)nc3ccccc23)cc(Cl)c1O. The molecule has 0 radical (unpaired) electrons. The molecule has 2 aromatic carbocycles. The molecule has 0 saturated carbocycles. The standard InChI is InChI=1S/C19H16ClN3O3/c1-11-7-14(13-5-3-4-6-16(13)22-11)19(25)23-21-10-12-8-15(20)18(24)17(9-12)26-2/h3-10,24H,1-2H3,(H,23,25). The number of carbonyl (C=O) groups excluding carboxylic acids is 1. The highest BCUT2D eigenvalue weighted by molar-refractivity contribution is 6.32. The quantitative estimate of drug-likeness (QED) is 0.543. The summed E-state index contributed by atoms with van der Waals surface area (Å²) in [5.74, 6) is -0.269. The highest BCUT2D eigenvalue weighted by atomic mass is 35.5. The van der Waals surface area contributed by atoms with Gasteiger partial charge in [-0.05, 0) is 36.8 Å². The lowest BCUT2D eigenvalue weighted by molar-refractivity contribution is 0.0956. The molecule has 1 heterocycles. The zero-order chi connectivity index (χ0) is 18.7. The number of methoxy groups -OCH3 is 1. The first-order valence-electron chi connectivity index (χ1n) is 7.76. The number of amides is 1. The number of hydrogen-bond acceptors (Lipinski definition) is 5. The fraction of sp³-hybridized carbons (Fsp3) is 0.105. The van der Waals surface area contributed by atoms with Crippen molar-refractivity contribution in [1.29, 1.82) is 0 Å². The van der Waals surface area contributed by atoms with Crippen molar-refractivity contribution in [3.05, 3.63) is 64.3 Å². The van der Waals surface area contributed by atoms with Crippen molar-refractivity contribution in [2.24, 2.45) is 5.10 Å². The first-order chi connectivity index (χ1) is 12.5. The lowest BCUT2D eigenvalue weighted by Crippen LogP contribution is -2.18. The Bertz CT molecular complexity index is 1020. The van der Waals surface area contributed by atoms with E-state index in [9.17, 15) is 9.90 Å². The van der Waals surface area contributed by atoms with E-state index < -0.39 is 0 Å². The highest BCUT2D eigenvalue weighted by Gasteiger charge is 2.11. The van der Waals surface area contributed by atoms with Crippen LogP contribution in [0.5, 0.6) is 11.5 Å². The number of phenolic OH excluding ortho intramolecular Hbond substituents is 1. The third-order valence-electron chi connectivity index (χ3n) is 3.74. The molecule has 0 spiro atoms. The van der Waals surface area contributed by atoms with E-state index in [0.717, 1.165) is 16.6 Å². The Morgan fingerprint density at radius 3 is 2.85 bits per heavy atom. The normalized spacial score (nSPS) is 11.0. The lowest BCUT2D eigenvalue weighted by atomic mass is 10.1. The molecule has 3 rings (SSSR count). The van der Waals surface area contributed by atoms with Gasteiger partial charge in [0.2, 0.25) is 0 Å². The Labute approximate surface area is 155 Å². The minimum atomic E-state index is -0.347. The van der Waals surface area contributed by atoms with Gasteiger partial charge in [0.15, 0.2) is 11.5 Å². The van der Waals surface area contributed by atoms with Crippen LogP contribution >= 0.6 is 11.6 Å². The van der Waals surface area contributed by atoms with Gasteiger partial charge in [-0.25, -0.2) is 5.43 Å². The summed E-state index contributed by atoms with van der Waals surface area (Å²) in [5, 5.41) is 14.6. The number of benzene rings is 2. The Hall–Kier alpha value is -3.12. The molecule has 7 heteroatoms. The average Bonchev–Trinajstić information content (AvgIpc) is 2.63. The molecular weight excluding hydrogens is 354 g/mol. The Morgan fingerprint density at radius 1 is 1.31 bits per heavy atom. The maximum Gasteiger partial charge on any atom is 0.272 e. The number of rotatable bonds is 4. The van der Waals surface area contributed by atoms with E-state index in [4.69, 9.17) is 16.3 Å². The smallest absolute Gasteiger partial charge is 0.272 e. The molecule has 0 fully saturated rings. The minimum absolute atomic E-state index is 0.132. The number of pyridine rings is 1. The number of nitrogens with zero attached hydrogens (tertiary/aromatic N) is 2. The summed E-state index contributed by atoms with van der Waals surface area (Å²) in [5.41, 5.74) is 5.05. The van der Waals surface area contributed by atoms with Gasteiger partial charge in [0.05, 0.1) is 29.4 Å². The number of hydrogen-bond donors (Lipinski definition) is 2. The van der Waals surface area contributed by atoms with E-state index in [1.54, 1.807) is 12.1 Å². The van der Waals surface area contributed by atoms with Gasteiger partial charge in [0, 0.05) is 11.1 Å². The molecule has 1 aromatic heterocycles. The summed E-state index contributed by atoms with van der Waals surface area (Å²) in [6.07, 6.45) is 1.42. The van der Waals surface area contributed by atoms with Crippen LogP contribution in [0.1, 0.15) is 21.6 Å². The predicted molar refractivity (Wildman–Crippen MR) is 101 cm³/mol. The van der Waals surface area contributed by atoms with Gasteiger partial charge in [0.1, 0.15) is 0 Å². The maximum atomic E-state index is 12.5. The Balaban J connectivity index is 1.84. The van der Waals surface area contributed by atoms with Gasteiger partial charge >= 0.3 is 0 Å². The molecule has 26 heavy (non-hydrogen) atoms.